The van der Waals surface area contributed by atoms with E-state index in [1.807, 2.05) is 0 Å². The zero-order chi connectivity index (χ0) is 8.15. The third kappa shape index (κ3) is 3.72. The molecule has 0 amide bonds. The molecule has 56 valence electrons. The molecule has 0 aliphatic carbocycles. The van der Waals surface area contributed by atoms with E-state index in [4.69, 9.17) is 0 Å². The van der Waals surface area contributed by atoms with Gasteiger partial charge in [-0.3, -0.25) is 4.89 Å². The van der Waals surface area contributed by atoms with Crippen molar-refractivity contribution < 1.29 is 14.6 Å². The summed E-state index contributed by atoms with van der Waals surface area (Å²) in [5, 5.41) is 0. The van der Waals surface area contributed by atoms with E-state index < -0.39 is 5.97 Å². The van der Waals surface area contributed by atoms with E-state index in [0.29, 0.717) is 11.3 Å². The minimum absolute atomic E-state index is 0.293. The maximum absolute atomic E-state index is 10.6. The van der Waals surface area contributed by atoms with Crippen LogP contribution in [0.25, 0.3) is 0 Å². The van der Waals surface area contributed by atoms with Gasteiger partial charge < -0.3 is 0 Å². The molecule has 0 N–H and O–H groups in total. The molecule has 0 aliphatic rings. The Bertz CT molecular complexity index is 170. The third-order valence-corrected chi connectivity index (χ3v) is 0.608. The summed E-state index contributed by atoms with van der Waals surface area (Å²) in [4.78, 5) is 19.1. The van der Waals surface area contributed by atoms with Gasteiger partial charge in [0, 0.05) is 5.57 Å². The van der Waals surface area contributed by atoms with Crippen LogP contribution in [0.5, 0.6) is 0 Å². The summed E-state index contributed by atoms with van der Waals surface area (Å²) >= 11 is 0. The normalized spacial score (nSPS) is 8.20. The van der Waals surface area contributed by atoms with Crippen molar-refractivity contribution in [3.8, 4) is 0 Å². The number of carbonyl (C=O) groups is 1. The van der Waals surface area contributed by atoms with Crippen LogP contribution in [0.4, 0.5) is 0 Å². The van der Waals surface area contributed by atoms with E-state index in [9.17, 15) is 4.79 Å². The Balaban J connectivity index is 3.60. The maximum Gasteiger partial charge on any atom is 0.381 e. The van der Waals surface area contributed by atoms with Gasteiger partial charge in [0.1, 0.15) is 5.76 Å². The summed E-state index contributed by atoms with van der Waals surface area (Å²) in [6, 6.07) is 0. The van der Waals surface area contributed by atoms with Gasteiger partial charge in [-0.05, 0) is 13.8 Å². The molecule has 0 unspecified atom stereocenters. The van der Waals surface area contributed by atoms with E-state index in [1.54, 1.807) is 6.92 Å². The van der Waals surface area contributed by atoms with Crippen molar-refractivity contribution in [2.75, 3.05) is 0 Å². The van der Waals surface area contributed by atoms with Crippen LogP contribution >= 0.6 is 0 Å². The zero-order valence-electron chi connectivity index (χ0n) is 6.14. The fourth-order valence-electron chi connectivity index (χ4n) is 0.180. The van der Waals surface area contributed by atoms with Crippen molar-refractivity contribution in [2.24, 2.45) is 0 Å². The van der Waals surface area contributed by atoms with Crippen molar-refractivity contribution in [1.82, 2.24) is 0 Å². The summed E-state index contributed by atoms with van der Waals surface area (Å²) in [6.07, 6.45) is 0. The lowest BCUT2D eigenvalue weighted by molar-refractivity contribution is -0.242. The Morgan fingerprint density at radius 3 is 2.00 bits per heavy atom. The minimum Gasteiger partial charge on any atom is -0.292 e. The lowest BCUT2D eigenvalue weighted by Crippen LogP contribution is -2.04. The third-order valence-electron chi connectivity index (χ3n) is 0.608. The molecule has 3 nitrogen and oxygen atoms in total. The van der Waals surface area contributed by atoms with Crippen LogP contribution in [-0.4, -0.2) is 5.97 Å². The van der Waals surface area contributed by atoms with Crippen molar-refractivity contribution in [2.45, 2.75) is 13.8 Å². The Morgan fingerprint density at radius 1 is 1.20 bits per heavy atom. The Labute approximate surface area is 59.9 Å². The van der Waals surface area contributed by atoms with Gasteiger partial charge in [0.05, 0.1) is 0 Å². The molecule has 0 saturated heterocycles. The highest BCUT2D eigenvalue weighted by molar-refractivity contribution is 5.86. The first-order valence-electron chi connectivity index (χ1n) is 2.74. The summed E-state index contributed by atoms with van der Waals surface area (Å²) in [7, 11) is 0. The van der Waals surface area contributed by atoms with E-state index in [-0.39, 0.29) is 0 Å². The molecule has 0 fully saturated rings. The number of allylic oxidation sites excluding steroid dienone is 1. The van der Waals surface area contributed by atoms with Gasteiger partial charge in [0.15, 0.2) is 0 Å². The fourth-order valence-corrected chi connectivity index (χ4v) is 0.180. The molecule has 3 heteroatoms. The Kier molecular flexibility index (Phi) is 3.25. The highest BCUT2D eigenvalue weighted by Crippen LogP contribution is 1.96. The van der Waals surface area contributed by atoms with E-state index in [2.05, 4.69) is 22.9 Å². The average Bonchev–Trinajstić information content (AvgIpc) is 1.82. The molecule has 0 aromatic heterocycles. The maximum atomic E-state index is 10.6. The number of hydrogen-bond acceptors (Lipinski definition) is 3. The highest BCUT2D eigenvalue weighted by Gasteiger charge is 2.03. The topological polar surface area (TPSA) is 35.5 Å². The van der Waals surface area contributed by atoms with Gasteiger partial charge in [0.25, 0.3) is 0 Å². The smallest absolute Gasteiger partial charge is 0.292 e. The van der Waals surface area contributed by atoms with Crippen LogP contribution in [0.3, 0.4) is 0 Å². The standard InChI is InChI=1S/C7H10O3/c1-5(2)7(8)10-9-6(3)4/h1,3H2,2,4H3. The van der Waals surface area contributed by atoms with Crippen molar-refractivity contribution in [1.29, 1.82) is 0 Å². The largest absolute Gasteiger partial charge is 0.381 e. The second-order valence-corrected chi connectivity index (χ2v) is 1.94. The number of rotatable bonds is 3. The molecule has 0 rings (SSSR count). The molecule has 0 aliphatic heterocycles. The molecule has 0 aromatic carbocycles. The molecule has 0 saturated carbocycles. The van der Waals surface area contributed by atoms with E-state index >= 15 is 0 Å². The summed E-state index contributed by atoms with van der Waals surface area (Å²) in [5.41, 5.74) is 0.293. The van der Waals surface area contributed by atoms with Crippen LogP contribution < -0.4 is 0 Å². The van der Waals surface area contributed by atoms with Gasteiger partial charge in [-0.25, -0.2) is 9.68 Å². The van der Waals surface area contributed by atoms with E-state index in [1.165, 1.54) is 6.92 Å². The molecule has 10 heavy (non-hydrogen) atoms. The molecule has 0 radical (unpaired) electrons. The van der Waals surface area contributed by atoms with Crippen LogP contribution in [0.2, 0.25) is 0 Å². The van der Waals surface area contributed by atoms with Crippen LogP contribution in [-0.2, 0) is 14.6 Å². The minimum atomic E-state index is -0.581. The van der Waals surface area contributed by atoms with Gasteiger partial charge in [0.2, 0.25) is 0 Å². The second kappa shape index (κ2) is 3.71. The average molecular weight is 142 g/mol. The SMILES string of the molecule is C=C(C)OOC(=O)C(=C)C. The van der Waals surface area contributed by atoms with Gasteiger partial charge in [-0.15, -0.1) is 0 Å². The van der Waals surface area contributed by atoms with Crippen molar-refractivity contribution in [3.05, 3.63) is 24.5 Å². The molecular weight excluding hydrogens is 132 g/mol. The van der Waals surface area contributed by atoms with Gasteiger partial charge >= 0.3 is 5.97 Å². The van der Waals surface area contributed by atoms with Crippen LogP contribution in [0, 0.1) is 0 Å². The first kappa shape index (κ1) is 8.75. The zero-order valence-corrected chi connectivity index (χ0v) is 6.14. The number of carbonyl (C=O) groups excluding carboxylic acids is 1. The fraction of sp³-hybridized carbons (Fsp3) is 0.286. The monoisotopic (exact) mass is 142 g/mol. The van der Waals surface area contributed by atoms with Crippen molar-refractivity contribution in [3.63, 3.8) is 0 Å². The quantitative estimate of drug-likeness (QED) is 0.259. The first-order valence-corrected chi connectivity index (χ1v) is 2.74. The Morgan fingerprint density at radius 2 is 1.70 bits per heavy atom. The molecule has 0 aromatic rings. The highest BCUT2D eigenvalue weighted by atomic mass is 17.2. The van der Waals surface area contributed by atoms with Crippen LogP contribution in [0.15, 0.2) is 24.5 Å². The van der Waals surface area contributed by atoms with Gasteiger partial charge in [-0.1, -0.05) is 13.2 Å². The molecule has 0 bridgehead atoms. The summed E-state index contributed by atoms with van der Waals surface area (Å²) < 4.78 is 0. The van der Waals surface area contributed by atoms with Gasteiger partial charge in [-0.2, -0.15) is 0 Å². The lowest BCUT2D eigenvalue weighted by atomic mass is 10.4. The predicted octanol–water partition coefficient (Wildman–Crippen LogP) is 1.57. The van der Waals surface area contributed by atoms with Crippen molar-refractivity contribution >= 4 is 5.97 Å². The molecular formula is C7H10O3. The van der Waals surface area contributed by atoms with Crippen LogP contribution in [0.1, 0.15) is 13.8 Å². The Hall–Kier alpha value is -1.25. The molecule has 0 heterocycles. The molecule has 0 atom stereocenters. The summed E-state index contributed by atoms with van der Waals surface area (Å²) in [5.74, 6) is -0.252. The lowest BCUT2D eigenvalue weighted by Gasteiger charge is -2.01. The first-order chi connectivity index (χ1) is 4.54. The van der Waals surface area contributed by atoms with E-state index in [0.717, 1.165) is 0 Å². The summed E-state index contributed by atoms with van der Waals surface area (Å²) in [6.45, 7) is 9.81. The number of hydrogen-bond donors (Lipinski definition) is 0. The predicted molar refractivity (Wildman–Crippen MR) is 36.8 cm³/mol. The second-order valence-electron chi connectivity index (χ2n) is 1.94. The molecule has 0 spiro atoms.